The molecule has 16 heteroatoms. The quantitative estimate of drug-likeness (QED) is 0.199. The number of fused-ring (bicyclic) bond motifs is 1. The molecule has 5 rings (SSSR count). The van der Waals surface area contributed by atoms with Gasteiger partial charge in [0.2, 0.25) is 5.95 Å². The molecule has 1 aliphatic heterocycles. The summed E-state index contributed by atoms with van der Waals surface area (Å²) in [6.45, 7) is 3.53. The molecule has 0 saturated heterocycles. The molecule has 1 aromatic heterocycles. The summed E-state index contributed by atoms with van der Waals surface area (Å²) in [6, 6.07) is 12.8. The lowest BCUT2D eigenvalue weighted by Gasteiger charge is -2.48. The topological polar surface area (TPSA) is 199 Å². The highest BCUT2D eigenvalue weighted by Gasteiger charge is 2.48. The first-order chi connectivity index (χ1) is 19.4. The lowest BCUT2D eigenvalue weighted by Crippen LogP contribution is -2.55. The zero-order valence-corrected chi connectivity index (χ0v) is 24.1. The zero-order chi connectivity index (χ0) is 29.4. The molecular weight excluding hydrogens is 576 g/mol. The van der Waals surface area contributed by atoms with E-state index in [4.69, 9.17) is 23.8 Å². The van der Waals surface area contributed by atoms with E-state index in [0.717, 1.165) is 11.1 Å². The number of nitrogens with one attached hydrogen (secondary N) is 2. The minimum Gasteiger partial charge on any atom is -0.404 e. The van der Waals surface area contributed by atoms with Crippen molar-refractivity contribution in [3.63, 3.8) is 0 Å². The van der Waals surface area contributed by atoms with E-state index >= 15 is 0 Å². The summed E-state index contributed by atoms with van der Waals surface area (Å²) >= 11 is 0. The van der Waals surface area contributed by atoms with Gasteiger partial charge in [-0.3, -0.25) is 28.6 Å². The van der Waals surface area contributed by atoms with Crippen molar-refractivity contribution in [3.05, 3.63) is 70.0 Å². The van der Waals surface area contributed by atoms with Crippen molar-refractivity contribution in [2.75, 3.05) is 35.8 Å². The van der Waals surface area contributed by atoms with E-state index in [0.29, 0.717) is 12.2 Å². The van der Waals surface area contributed by atoms with Gasteiger partial charge in [-0.05, 0) is 50.5 Å². The van der Waals surface area contributed by atoms with Crippen molar-refractivity contribution in [3.8, 4) is 11.5 Å². The highest BCUT2D eigenvalue weighted by Crippen LogP contribution is 2.51. The number of hydrogen-bond donors (Lipinski definition) is 5. The molecule has 41 heavy (non-hydrogen) atoms. The predicted molar refractivity (Wildman–Crippen MR) is 151 cm³/mol. The van der Waals surface area contributed by atoms with Crippen LogP contribution >= 0.6 is 15.6 Å². The van der Waals surface area contributed by atoms with Gasteiger partial charge in [0.1, 0.15) is 17.2 Å². The summed E-state index contributed by atoms with van der Waals surface area (Å²) in [5.74, 6) is -0.237. The number of aromatic nitrogens is 2. The smallest absolute Gasteiger partial charge is 0.404 e. The second-order valence-corrected chi connectivity index (χ2v) is 12.8. The minimum atomic E-state index is -4.52. The third kappa shape index (κ3) is 6.92. The lowest BCUT2D eigenvalue weighted by atomic mass is 9.69. The van der Waals surface area contributed by atoms with E-state index in [9.17, 15) is 23.7 Å². The number of aromatic amines is 1. The first-order valence-electron chi connectivity index (χ1n) is 12.8. The predicted octanol–water partition coefficient (Wildman–Crippen LogP) is 3.56. The van der Waals surface area contributed by atoms with E-state index < -0.39 is 27.1 Å². The van der Waals surface area contributed by atoms with Crippen LogP contribution < -0.4 is 30.6 Å². The largest absolute Gasteiger partial charge is 0.527 e. The molecule has 6 N–H and O–H groups in total. The molecule has 1 fully saturated rings. The molecule has 2 aliphatic rings. The van der Waals surface area contributed by atoms with E-state index in [-0.39, 0.29) is 55.0 Å². The van der Waals surface area contributed by atoms with E-state index in [1.807, 2.05) is 13.8 Å². The van der Waals surface area contributed by atoms with Gasteiger partial charge in [0.25, 0.3) is 5.56 Å². The van der Waals surface area contributed by atoms with Gasteiger partial charge in [-0.25, -0.2) is 9.13 Å². The van der Waals surface area contributed by atoms with Crippen LogP contribution in [0, 0.1) is 25.7 Å². The van der Waals surface area contributed by atoms with Crippen LogP contribution in [0.15, 0.2) is 53.3 Å². The normalized spacial score (nSPS) is 22.5. The molecule has 1 saturated carbocycles. The molecule has 220 valence electrons. The molecule has 0 radical (unpaired) electrons. The third-order valence-corrected chi connectivity index (χ3v) is 8.86. The molecule has 2 heterocycles. The minimum absolute atomic E-state index is 0.0599. The van der Waals surface area contributed by atoms with E-state index in [1.165, 1.54) is 0 Å². The Labute approximate surface area is 235 Å². The Bertz CT molecular complexity index is 1550. The van der Waals surface area contributed by atoms with Crippen molar-refractivity contribution < 1.29 is 37.0 Å². The van der Waals surface area contributed by atoms with Crippen molar-refractivity contribution in [1.29, 1.82) is 0 Å². The van der Waals surface area contributed by atoms with E-state index in [1.54, 1.807) is 53.4 Å². The Morgan fingerprint density at radius 3 is 2.05 bits per heavy atom. The molecule has 0 spiro atoms. The molecule has 0 bridgehead atoms. The maximum Gasteiger partial charge on any atom is 0.527 e. The number of anilines is 3. The van der Waals surface area contributed by atoms with Crippen molar-refractivity contribution in [2.45, 2.75) is 26.3 Å². The molecule has 0 amide bonds. The number of phosphoric acid groups is 2. The number of benzene rings is 2. The Kier molecular flexibility index (Phi) is 8.15. The van der Waals surface area contributed by atoms with Gasteiger partial charge in [0.05, 0.1) is 19.9 Å². The fourth-order valence-electron chi connectivity index (χ4n) is 4.82. The van der Waals surface area contributed by atoms with Crippen molar-refractivity contribution in [1.82, 2.24) is 9.97 Å². The first-order valence-corrected chi connectivity index (χ1v) is 15.8. The summed E-state index contributed by atoms with van der Waals surface area (Å²) in [7, 11) is -9.00. The lowest BCUT2D eigenvalue weighted by molar-refractivity contribution is 0.0211. The number of H-pyrrole nitrogens is 1. The van der Waals surface area contributed by atoms with Crippen LogP contribution in [-0.4, -0.2) is 45.7 Å². The number of nitrogen functional groups attached to an aromatic ring is 1. The molecule has 3 aromatic rings. The van der Waals surface area contributed by atoms with Crippen LogP contribution in [0.3, 0.4) is 0 Å². The average Bonchev–Trinajstić information content (AvgIpc) is 3.29. The maximum atomic E-state index is 12.8. The highest BCUT2D eigenvalue weighted by atomic mass is 31.2. The number of phosphoric ester groups is 2. The summed E-state index contributed by atoms with van der Waals surface area (Å²) in [4.78, 5) is 41.5. The molecular formula is C25H31N5O9P2. The third-order valence-electron chi connectivity index (χ3n) is 7.03. The SMILES string of the molecule is Cc1ccc(OP(=O)(O)OCC2CC(N3CNc4c3nc(N)[nH]c4=O)C2COP(=O)(O)Oc2ccc(C)cc2)cc1. The van der Waals surface area contributed by atoms with Crippen LogP contribution in [0.5, 0.6) is 11.5 Å². The van der Waals surface area contributed by atoms with Gasteiger partial charge in [-0.2, -0.15) is 4.98 Å². The van der Waals surface area contributed by atoms with Crippen molar-refractivity contribution >= 4 is 33.1 Å². The number of rotatable bonds is 11. The summed E-state index contributed by atoms with van der Waals surface area (Å²) in [5, 5.41) is 2.99. The standard InChI is InChI=1S/C25H31N5O9P2/c1-15-3-7-18(8-4-15)38-40(32,33)36-12-17-11-21(30-14-27-22-23(30)28-25(26)29-24(22)31)20(17)13-37-41(34,35)39-19-9-5-16(2)6-10-19/h3-10,17,20-21,27H,11-14H2,1-2H3,(H,32,33)(H,34,35)(H3,26,28,29,31). The van der Waals surface area contributed by atoms with Crippen LogP contribution in [-0.2, 0) is 18.2 Å². The fourth-order valence-corrected chi connectivity index (χ4v) is 6.44. The van der Waals surface area contributed by atoms with Crippen molar-refractivity contribution in [2.24, 2.45) is 11.8 Å². The Morgan fingerprint density at radius 2 is 1.49 bits per heavy atom. The van der Waals surface area contributed by atoms with Gasteiger partial charge in [-0.1, -0.05) is 35.4 Å². The van der Waals surface area contributed by atoms with Crippen LogP contribution in [0.4, 0.5) is 17.5 Å². The molecule has 2 aromatic carbocycles. The Hall–Kier alpha value is -3.38. The molecule has 5 unspecified atom stereocenters. The summed E-state index contributed by atoms with van der Waals surface area (Å²) in [5.41, 5.74) is 7.49. The molecule has 1 aliphatic carbocycles. The fraction of sp³-hybridized carbons (Fsp3) is 0.360. The summed E-state index contributed by atoms with van der Waals surface area (Å²) < 4.78 is 46.4. The van der Waals surface area contributed by atoms with E-state index in [2.05, 4.69) is 15.3 Å². The van der Waals surface area contributed by atoms with Crippen LogP contribution in [0.1, 0.15) is 17.5 Å². The number of nitrogens with two attached hydrogens (primary N) is 1. The first kappa shape index (κ1) is 29.1. The number of hydrogen-bond acceptors (Lipinski definition) is 11. The second-order valence-electron chi connectivity index (χ2n) is 10.0. The highest BCUT2D eigenvalue weighted by molar-refractivity contribution is 7.48. The Balaban J connectivity index is 1.29. The summed E-state index contributed by atoms with van der Waals surface area (Å²) in [6.07, 6.45) is 0.433. The average molecular weight is 607 g/mol. The van der Waals surface area contributed by atoms with Gasteiger partial charge >= 0.3 is 15.6 Å². The van der Waals surface area contributed by atoms with Gasteiger partial charge in [-0.15, -0.1) is 0 Å². The monoisotopic (exact) mass is 607 g/mol. The van der Waals surface area contributed by atoms with Crippen LogP contribution in [0.2, 0.25) is 0 Å². The Morgan fingerprint density at radius 1 is 0.951 bits per heavy atom. The van der Waals surface area contributed by atoms with Gasteiger partial charge in [0.15, 0.2) is 5.82 Å². The number of nitrogens with zero attached hydrogens (tertiary/aromatic N) is 2. The second kappa shape index (κ2) is 11.5. The number of aryl methyl sites for hydroxylation is 2. The maximum absolute atomic E-state index is 12.8. The van der Waals surface area contributed by atoms with Gasteiger partial charge in [0, 0.05) is 12.0 Å². The van der Waals surface area contributed by atoms with Crippen LogP contribution in [0.25, 0.3) is 0 Å². The molecule has 5 atom stereocenters. The van der Waals surface area contributed by atoms with Gasteiger partial charge < -0.3 is 25.0 Å². The molecule has 14 nitrogen and oxygen atoms in total. The zero-order valence-electron chi connectivity index (χ0n) is 22.3.